The SMILES string of the molecule is CCCCCCCCCC(=O)/C=C\NCCOCCO. The fourth-order valence-corrected chi connectivity index (χ4v) is 1.87. The van der Waals surface area contributed by atoms with Crippen molar-refractivity contribution < 1.29 is 14.6 Å². The summed E-state index contributed by atoms with van der Waals surface area (Å²) in [6.45, 7) is 3.82. The van der Waals surface area contributed by atoms with Gasteiger partial charge in [-0.15, -0.1) is 0 Å². The number of nitrogens with one attached hydrogen (secondary N) is 1. The molecule has 0 atom stereocenters. The fraction of sp³-hybridized carbons (Fsp3) is 0.812. The molecule has 0 aromatic rings. The molecule has 0 saturated carbocycles. The van der Waals surface area contributed by atoms with Gasteiger partial charge in [0.15, 0.2) is 5.78 Å². The molecule has 4 nitrogen and oxygen atoms in total. The Morgan fingerprint density at radius 1 is 1.10 bits per heavy atom. The van der Waals surface area contributed by atoms with Crippen molar-refractivity contribution in [2.45, 2.75) is 58.3 Å². The average molecular weight is 285 g/mol. The number of hydrogen-bond donors (Lipinski definition) is 2. The van der Waals surface area contributed by atoms with Crippen molar-refractivity contribution in [2.24, 2.45) is 0 Å². The predicted molar refractivity (Wildman–Crippen MR) is 82.7 cm³/mol. The van der Waals surface area contributed by atoms with Gasteiger partial charge < -0.3 is 15.2 Å². The second-order valence-electron chi connectivity index (χ2n) is 4.96. The van der Waals surface area contributed by atoms with Crippen molar-refractivity contribution >= 4 is 5.78 Å². The molecule has 0 amide bonds. The van der Waals surface area contributed by atoms with Crippen molar-refractivity contribution in [1.29, 1.82) is 0 Å². The van der Waals surface area contributed by atoms with Crippen molar-refractivity contribution in [1.82, 2.24) is 5.32 Å². The van der Waals surface area contributed by atoms with E-state index < -0.39 is 0 Å². The van der Waals surface area contributed by atoms with E-state index in [1.165, 1.54) is 32.1 Å². The summed E-state index contributed by atoms with van der Waals surface area (Å²) in [7, 11) is 0. The maximum absolute atomic E-state index is 11.5. The van der Waals surface area contributed by atoms with Crippen LogP contribution in [-0.4, -0.2) is 37.3 Å². The van der Waals surface area contributed by atoms with Crippen LogP contribution in [0.3, 0.4) is 0 Å². The molecule has 0 aromatic heterocycles. The number of aliphatic hydroxyl groups is 1. The van der Waals surface area contributed by atoms with Crippen LogP contribution in [0.25, 0.3) is 0 Å². The zero-order chi connectivity index (χ0) is 14.9. The highest BCUT2D eigenvalue weighted by Crippen LogP contribution is 2.08. The Morgan fingerprint density at radius 2 is 1.80 bits per heavy atom. The molecule has 0 fully saturated rings. The molecule has 0 unspecified atom stereocenters. The van der Waals surface area contributed by atoms with Gasteiger partial charge in [0.25, 0.3) is 0 Å². The van der Waals surface area contributed by atoms with Gasteiger partial charge in [-0.05, 0) is 12.5 Å². The number of hydrogen-bond acceptors (Lipinski definition) is 4. The summed E-state index contributed by atoms with van der Waals surface area (Å²) >= 11 is 0. The van der Waals surface area contributed by atoms with E-state index in [4.69, 9.17) is 9.84 Å². The van der Waals surface area contributed by atoms with E-state index in [1.807, 2.05) is 0 Å². The second kappa shape index (κ2) is 16.2. The Bertz CT molecular complexity index is 242. The smallest absolute Gasteiger partial charge is 0.157 e. The molecule has 0 aliphatic rings. The maximum atomic E-state index is 11.5. The first-order valence-electron chi connectivity index (χ1n) is 7.92. The van der Waals surface area contributed by atoms with Crippen LogP contribution in [-0.2, 0) is 9.53 Å². The van der Waals surface area contributed by atoms with Gasteiger partial charge in [0.2, 0.25) is 0 Å². The Labute approximate surface area is 123 Å². The van der Waals surface area contributed by atoms with Gasteiger partial charge >= 0.3 is 0 Å². The zero-order valence-electron chi connectivity index (χ0n) is 12.9. The minimum absolute atomic E-state index is 0.0484. The molecule has 2 N–H and O–H groups in total. The summed E-state index contributed by atoms with van der Waals surface area (Å²) in [6, 6.07) is 0. The highest BCUT2D eigenvalue weighted by atomic mass is 16.5. The first-order chi connectivity index (χ1) is 9.81. The largest absolute Gasteiger partial charge is 0.394 e. The molecule has 0 rings (SSSR count). The minimum Gasteiger partial charge on any atom is -0.394 e. The number of aliphatic hydroxyl groups excluding tert-OH is 1. The van der Waals surface area contributed by atoms with E-state index in [-0.39, 0.29) is 12.4 Å². The van der Waals surface area contributed by atoms with Gasteiger partial charge in [0.05, 0.1) is 19.8 Å². The molecular formula is C16H31NO3. The van der Waals surface area contributed by atoms with E-state index >= 15 is 0 Å². The van der Waals surface area contributed by atoms with E-state index in [0.29, 0.717) is 26.2 Å². The quantitative estimate of drug-likeness (QED) is 0.359. The molecular weight excluding hydrogens is 254 g/mol. The number of ketones is 1. The summed E-state index contributed by atoms with van der Waals surface area (Å²) in [5.74, 6) is 0.183. The number of carbonyl (C=O) groups is 1. The van der Waals surface area contributed by atoms with Crippen molar-refractivity contribution in [3.05, 3.63) is 12.3 Å². The first-order valence-corrected chi connectivity index (χ1v) is 7.92. The predicted octanol–water partition coefficient (Wildman–Crippen LogP) is 2.81. The zero-order valence-corrected chi connectivity index (χ0v) is 12.9. The topological polar surface area (TPSA) is 58.6 Å². The van der Waals surface area contributed by atoms with Crippen LogP contribution >= 0.6 is 0 Å². The van der Waals surface area contributed by atoms with Gasteiger partial charge in [-0.3, -0.25) is 4.79 Å². The van der Waals surface area contributed by atoms with Gasteiger partial charge in [0, 0.05) is 19.2 Å². The maximum Gasteiger partial charge on any atom is 0.157 e. The molecule has 0 radical (unpaired) electrons. The number of ether oxygens (including phenoxy) is 1. The van der Waals surface area contributed by atoms with E-state index in [0.717, 1.165) is 12.8 Å². The third-order valence-corrected chi connectivity index (χ3v) is 3.04. The summed E-state index contributed by atoms with van der Waals surface area (Å²) in [6.07, 6.45) is 12.6. The lowest BCUT2D eigenvalue weighted by atomic mass is 10.1. The second-order valence-corrected chi connectivity index (χ2v) is 4.96. The summed E-state index contributed by atoms with van der Waals surface area (Å²) in [4.78, 5) is 11.5. The molecule has 4 heteroatoms. The number of rotatable bonds is 15. The molecule has 20 heavy (non-hydrogen) atoms. The number of allylic oxidation sites excluding steroid dienone is 1. The van der Waals surface area contributed by atoms with E-state index in [2.05, 4.69) is 12.2 Å². The van der Waals surface area contributed by atoms with Crippen LogP contribution in [0.5, 0.6) is 0 Å². The Hall–Kier alpha value is -0.870. The minimum atomic E-state index is 0.0484. The lowest BCUT2D eigenvalue weighted by molar-refractivity contribution is -0.114. The van der Waals surface area contributed by atoms with Crippen LogP contribution in [0.2, 0.25) is 0 Å². The Balaban J connectivity index is 3.27. The van der Waals surface area contributed by atoms with E-state index in [1.54, 1.807) is 12.3 Å². The van der Waals surface area contributed by atoms with Crippen molar-refractivity contribution in [3.8, 4) is 0 Å². The highest BCUT2D eigenvalue weighted by Gasteiger charge is 1.97. The molecule has 0 spiro atoms. The van der Waals surface area contributed by atoms with E-state index in [9.17, 15) is 4.79 Å². The lowest BCUT2D eigenvalue weighted by Gasteiger charge is -2.02. The molecule has 0 aromatic carbocycles. The standard InChI is InChI=1S/C16H31NO3/c1-2-3-4-5-6-7-8-9-16(19)10-11-17-12-14-20-15-13-18/h10-11,17-18H,2-9,12-15H2,1H3/b11-10-. The summed E-state index contributed by atoms with van der Waals surface area (Å²) in [5, 5.41) is 11.5. The molecule has 0 aliphatic carbocycles. The van der Waals surface area contributed by atoms with Gasteiger partial charge in [-0.1, -0.05) is 45.4 Å². The Morgan fingerprint density at radius 3 is 2.50 bits per heavy atom. The van der Waals surface area contributed by atoms with Gasteiger partial charge in [-0.25, -0.2) is 0 Å². The fourth-order valence-electron chi connectivity index (χ4n) is 1.87. The van der Waals surface area contributed by atoms with Gasteiger partial charge in [0.1, 0.15) is 0 Å². The normalized spacial score (nSPS) is 11.1. The third kappa shape index (κ3) is 15.2. The van der Waals surface area contributed by atoms with Crippen LogP contribution in [0, 0.1) is 0 Å². The van der Waals surface area contributed by atoms with Crippen LogP contribution in [0.4, 0.5) is 0 Å². The third-order valence-electron chi connectivity index (χ3n) is 3.04. The lowest BCUT2D eigenvalue weighted by Crippen LogP contribution is -2.15. The Kier molecular flexibility index (Phi) is 15.5. The van der Waals surface area contributed by atoms with Crippen LogP contribution < -0.4 is 5.32 Å². The van der Waals surface area contributed by atoms with Crippen molar-refractivity contribution in [3.63, 3.8) is 0 Å². The number of carbonyl (C=O) groups excluding carboxylic acids is 1. The molecule has 0 aliphatic heterocycles. The highest BCUT2D eigenvalue weighted by molar-refractivity contribution is 5.89. The van der Waals surface area contributed by atoms with Gasteiger partial charge in [-0.2, -0.15) is 0 Å². The summed E-state index contributed by atoms with van der Waals surface area (Å²) < 4.78 is 5.08. The number of unbranched alkanes of at least 4 members (excludes halogenated alkanes) is 6. The summed E-state index contributed by atoms with van der Waals surface area (Å²) in [5.41, 5.74) is 0. The monoisotopic (exact) mass is 285 g/mol. The first kappa shape index (κ1) is 19.1. The molecule has 118 valence electrons. The molecule has 0 saturated heterocycles. The van der Waals surface area contributed by atoms with Crippen LogP contribution in [0.15, 0.2) is 12.3 Å². The van der Waals surface area contributed by atoms with Crippen molar-refractivity contribution in [2.75, 3.05) is 26.4 Å². The average Bonchev–Trinajstić information content (AvgIpc) is 2.45. The molecule has 0 bridgehead atoms. The van der Waals surface area contributed by atoms with Crippen LogP contribution in [0.1, 0.15) is 58.3 Å². The molecule has 0 heterocycles.